The van der Waals surface area contributed by atoms with E-state index in [0.717, 1.165) is 30.3 Å². The largest absolute Gasteiger partial charge is 0.493 e. The maximum atomic E-state index is 13.1. The van der Waals surface area contributed by atoms with Crippen LogP contribution in [0.2, 0.25) is 0 Å². The molecule has 2 aromatic heterocycles. The predicted molar refractivity (Wildman–Crippen MR) is 93.9 cm³/mol. The Balaban J connectivity index is 1.64. The van der Waals surface area contributed by atoms with E-state index in [4.69, 9.17) is 9.15 Å². The van der Waals surface area contributed by atoms with Gasteiger partial charge in [0.15, 0.2) is 17.1 Å². The normalized spacial score (nSPS) is 17.8. The van der Waals surface area contributed by atoms with Gasteiger partial charge in [-0.05, 0) is 31.9 Å². The Bertz CT molecular complexity index is 898. The summed E-state index contributed by atoms with van der Waals surface area (Å²) in [5.74, 6) is 0.987. The van der Waals surface area contributed by atoms with E-state index in [2.05, 4.69) is 5.10 Å². The number of ether oxygens (including phenoxy) is 1. The molecule has 1 saturated heterocycles. The Morgan fingerprint density at radius 1 is 1.36 bits per heavy atom. The van der Waals surface area contributed by atoms with E-state index in [-0.39, 0.29) is 11.9 Å². The Morgan fingerprint density at radius 3 is 3.00 bits per heavy atom. The molecule has 3 heterocycles. The number of para-hydroxylation sites is 1. The molecule has 0 bridgehead atoms. The van der Waals surface area contributed by atoms with Gasteiger partial charge in [-0.3, -0.25) is 9.48 Å². The highest BCUT2D eigenvalue weighted by atomic mass is 16.5. The lowest BCUT2D eigenvalue weighted by Crippen LogP contribution is -2.40. The third-order valence-electron chi connectivity index (χ3n) is 4.92. The number of hydrogen-bond donors (Lipinski definition) is 0. The number of carbonyl (C=O) groups excluding carboxylic acids is 1. The van der Waals surface area contributed by atoms with Gasteiger partial charge in [0.1, 0.15) is 0 Å². The van der Waals surface area contributed by atoms with Crippen molar-refractivity contribution in [3.63, 3.8) is 0 Å². The van der Waals surface area contributed by atoms with E-state index in [0.29, 0.717) is 23.6 Å². The topological polar surface area (TPSA) is 60.5 Å². The molecule has 0 N–H and O–H groups in total. The highest BCUT2D eigenvalue weighted by Gasteiger charge is 2.29. The summed E-state index contributed by atoms with van der Waals surface area (Å²) < 4.78 is 13.2. The van der Waals surface area contributed by atoms with Crippen LogP contribution in [0, 0.1) is 6.92 Å². The number of nitrogens with zero attached hydrogens (tertiary/aromatic N) is 3. The standard InChI is InChI=1S/C19H21N3O3/c1-13-15-7-3-8-16(24-2)18(15)25-17(13)19(23)21-10-4-6-14(12-21)22-11-5-9-20-22/h3,5,7-9,11,14H,4,6,10,12H2,1-2H3/t14-/m0/s1. The molecule has 6 nitrogen and oxygen atoms in total. The zero-order valence-corrected chi connectivity index (χ0v) is 14.4. The smallest absolute Gasteiger partial charge is 0.289 e. The van der Waals surface area contributed by atoms with Gasteiger partial charge < -0.3 is 14.1 Å². The first-order valence-electron chi connectivity index (χ1n) is 8.53. The molecule has 0 saturated carbocycles. The van der Waals surface area contributed by atoms with Crippen LogP contribution in [-0.2, 0) is 0 Å². The van der Waals surface area contributed by atoms with Crippen molar-refractivity contribution in [2.24, 2.45) is 0 Å². The average molecular weight is 339 g/mol. The molecular formula is C19H21N3O3. The van der Waals surface area contributed by atoms with Crippen molar-refractivity contribution in [2.45, 2.75) is 25.8 Å². The predicted octanol–water partition coefficient (Wildman–Crippen LogP) is 3.42. The molecule has 1 fully saturated rings. The van der Waals surface area contributed by atoms with Crippen molar-refractivity contribution < 1.29 is 13.9 Å². The third kappa shape index (κ3) is 2.67. The van der Waals surface area contributed by atoms with Crippen LogP contribution in [0.4, 0.5) is 0 Å². The Labute approximate surface area is 146 Å². The number of amides is 1. The minimum Gasteiger partial charge on any atom is -0.493 e. The number of furan rings is 1. The number of piperidine rings is 1. The Morgan fingerprint density at radius 2 is 2.24 bits per heavy atom. The van der Waals surface area contributed by atoms with E-state index in [9.17, 15) is 4.79 Å². The fourth-order valence-corrected chi connectivity index (χ4v) is 3.58. The fourth-order valence-electron chi connectivity index (χ4n) is 3.58. The van der Waals surface area contributed by atoms with Crippen LogP contribution in [0.25, 0.3) is 11.0 Å². The first kappa shape index (κ1) is 15.7. The molecule has 1 atom stereocenters. The van der Waals surface area contributed by atoms with Gasteiger partial charge in [0.25, 0.3) is 5.91 Å². The first-order chi connectivity index (χ1) is 12.2. The van der Waals surface area contributed by atoms with Crippen molar-refractivity contribution in [1.82, 2.24) is 14.7 Å². The van der Waals surface area contributed by atoms with Crippen molar-refractivity contribution in [3.05, 3.63) is 48.0 Å². The van der Waals surface area contributed by atoms with Gasteiger partial charge in [-0.15, -0.1) is 0 Å². The molecule has 0 aliphatic carbocycles. The van der Waals surface area contributed by atoms with Crippen LogP contribution < -0.4 is 4.74 Å². The van der Waals surface area contributed by atoms with Gasteiger partial charge in [-0.2, -0.15) is 5.10 Å². The van der Waals surface area contributed by atoms with Crippen molar-refractivity contribution in [2.75, 3.05) is 20.2 Å². The molecule has 4 rings (SSSR count). The van der Waals surface area contributed by atoms with Gasteiger partial charge in [0.05, 0.1) is 13.2 Å². The SMILES string of the molecule is COc1cccc2c(C)c(C(=O)N3CCC[C@H](n4cccn4)C3)oc12. The number of hydrogen-bond acceptors (Lipinski definition) is 4. The first-order valence-corrected chi connectivity index (χ1v) is 8.53. The number of benzene rings is 1. The number of likely N-dealkylation sites (tertiary alicyclic amines) is 1. The molecule has 0 spiro atoms. The molecule has 25 heavy (non-hydrogen) atoms. The van der Waals surface area contributed by atoms with Crippen LogP contribution in [-0.4, -0.2) is 40.8 Å². The van der Waals surface area contributed by atoms with Gasteiger partial charge in [0, 0.05) is 36.4 Å². The minimum absolute atomic E-state index is 0.0624. The van der Waals surface area contributed by atoms with E-state index in [1.165, 1.54) is 0 Å². The molecule has 0 unspecified atom stereocenters. The van der Waals surface area contributed by atoms with Crippen LogP contribution in [0.3, 0.4) is 0 Å². The summed E-state index contributed by atoms with van der Waals surface area (Å²) in [6.45, 7) is 3.31. The monoisotopic (exact) mass is 339 g/mol. The van der Waals surface area contributed by atoms with E-state index in [1.807, 2.05) is 47.0 Å². The summed E-state index contributed by atoms with van der Waals surface area (Å²) in [6, 6.07) is 7.83. The molecule has 6 heteroatoms. The second kappa shape index (κ2) is 6.27. The molecule has 1 aliphatic heterocycles. The summed E-state index contributed by atoms with van der Waals surface area (Å²) in [6.07, 6.45) is 5.71. The van der Waals surface area contributed by atoms with Crippen molar-refractivity contribution in [1.29, 1.82) is 0 Å². The number of aromatic nitrogens is 2. The number of carbonyl (C=O) groups is 1. The van der Waals surface area contributed by atoms with E-state index >= 15 is 0 Å². The number of fused-ring (bicyclic) bond motifs is 1. The van der Waals surface area contributed by atoms with Crippen LogP contribution >= 0.6 is 0 Å². The van der Waals surface area contributed by atoms with Crippen LogP contribution in [0.15, 0.2) is 41.1 Å². The highest BCUT2D eigenvalue weighted by molar-refractivity contribution is 6.00. The highest BCUT2D eigenvalue weighted by Crippen LogP contribution is 2.33. The van der Waals surface area contributed by atoms with Crippen molar-refractivity contribution >= 4 is 16.9 Å². The Kier molecular flexibility index (Phi) is 3.95. The molecule has 3 aromatic rings. The lowest BCUT2D eigenvalue weighted by Gasteiger charge is -2.32. The van der Waals surface area contributed by atoms with Gasteiger partial charge in [-0.1, -0.05) is 12.1 Å². The Hall–Kier alpha value is -2.76. The summed E-state index contributed by atoms with van der Waals surface area (Å²) in [7, 11) is 1.60. The fraction of sp³-hybridized carbons (Fsp3) is 0.368. The van der Waals surface area contributed by atoms with Gasteiger partial charge >= 0.3 is 0 Å². The maximum Gasteiger partial charge on any atom is 0.289 e. The molecule has 1 amide bonds. The quantitative estimate of drug-likeness (QED) is 0.733. The zero-order valence-electron chi connectivity index (χ0n) is 14.4. The molecule has 1 aromatic carbocycles. The van der Waals surface area contributed by atoms with Crippen molar-refractivity contribution in [3.8, 4) is 5.75 Å². The summed E-state index contributed by atoms with van der Waals surface area (Å²) in [5, 5.41) is 5.24. The number of rotatable bonds is 3. The summed E-state index contributed by atoms with van der Waals surface area (Å²) in [5.41, 5.74) is 1.49. The maximum absolute atomic E-state index is 13.1. The van der Waals surface area contributed by atoms with E-state index < -0.39 is 0 Å². The summed E-state index contributed by atoms with van der Waals surface area (Å²) >= 11 is 0. The molecular weight excluding hydrogens is 318 g/mol. The van der Waals surface area contributed by atoms with Crippen LogP contribution in [0.1, 0.15) is 35.0 Å². The number of methoxy groups -OCH3 is 1. The minimum atomic E-state index is -0.0624. The second-order valence-electron chi connectivity index (χ2n) is 6.43. The lowest BCUT2D eigenvalue weighted by atomic mass is 10.0. The molecule has 130 valence electrons. The van der Waals surface area contributed by atoms with E-state index in [1.54, 1.807) is 13.3 Å². The third-order valence-corrected chi connectivity index (χ3v) is 4.92. The average Bonchev–Trinajstić information content (AvgIpc) is 3.30. The van der Waals surface area contributed by atoms with Crippen LogP contribution in [0.5, 0.6) is 5.75 Å². The number of aryl methyl sites for hydroxylation is 1. The molecule has 0 radical (unpaired) electrons. The zero-order chi connectivity index (χ0) is 17.4. The van der Waals surface area contributed by atoms with Gasteiger partial charge in [0.2, 0.25) is 0 Å². The summed E-state index contributed by atoms with van der Waals surface area (Å²) in [4.78, 5) is 14.9. The molecule has 1 aliphatic rings. The second-order valence-corrected chi connectivity index (χ2v) is 6.43. The lowest BCUT2D eigenvalue weighted by molar-refractivity contribution is 0.0642. The van der Waals surface area contributed by atoms with Gasteiger partial charge in [-0.25, -0.2) is 0 Å².